The van der Waals surface area contributed by atoms with Gasteiger partial charge in [-0.15, -0.1) is 10.2 Å². The summed E-state index contributed by atoms with van der Waals surface area (Å²) in [6, 6.07) is 19.7. The summed E-state index contributed by atoms with van der Waals surface area (Å²) in [5, 5.41) is 11.7. The lowest BCUT2D eigenvalue weighted by molar-refractivity contribution is 0.0983. The summed E-state index contributed by atoms with van der Waals surface area (Å²) in [7, 11) is 0. The number of amides is 1. The van der Waals surface area contributed by atoms with Gasteiger partial charge in [-0.2, -0.15) is 0 Å². The lowest BCUT2D eigenvalue weighted by Gasteiger charge is -2.17. The van der Waals surface area contributed by atoms with E-state index in [2.05, 4.69) is 41.5 Å². The van der Waals surface area contributed by atoms with Crippen molar-refractivity contribution in [1.82, 2.24) is 10.2 Å². The van der Waals surface area contributed by atoms with E-state index < -0.39 is 0 Å². The maximum atomic E-state index is 12.8. The van der Waals surface area contributed by atoms with Crippen molar-refractivity contribution in [3.63, 3.8) is 0 Å². The highest BCUT2D eigenvalue weighted by Crippen LogP contribution is 2.29. The van der Waals surface area contributed by atoms with Gasteiger partial charge in [-0.3, -0.25) is 4.79 Å². The van der Waals surface area contributed by atoms with Gasteiger partial charge in [-0.05, 0) is 47.7 Å². The number of rotatable bonds is 4. The van der Waals surface area contributed by atoms with Crippen LogP contribution in [0.5, 0.6) is 0 Å². The van der Waals surface area contributed by atoms with E-state index >= 15 is 0 Å². The molecule has 0 bridgehead atoms. The van der Waals surface area contributed by atoms with Crippen molar-refractivity contribution in [2.24, 2.45) is 0 Å². The number of hydrogen-bond acceptors (Lipinski definition) is 4. The second-order valence-corrected chi connectivity index (χ2v) is 7.01. The molecule has 27 heavy (non-hydrogen) atoms. The molecule has 2 aromatic carbocycles. The molecule has 1 N–H and O–H groups in total. The normalized spacial score (nSPS) is 12.9. The molecule has 5 heteroatoms. The number of nitrogens with zero attached hydrogens (tertiary/aromatic N) is 3. The predicted molar refractivity (Wildman–Crippen MR) is 108 cm³/mol. The summed E-state index contributed by atoms with van der Waals surface area (Å²) < 4.78 is 0. The Hall–Kier alpha value is -3.21. The molecule has 1 amide bonds. The summed E-state index contributed by atoms with van der Waals surface area (Å²) in [5.41, 5.74) is 4.75. The molecular weight excluding hydrogens is 336 g/mol. The van der Waals surface area contributed by atoms with Crippen LogP contribution in [0.3, 0.4) is 0 Å². The topological polar surface area (TPSA) is 58.1 Å². The van der Waals surface area contributed by atoms with Crippen molar-refractivity contribution < 1.29 is 4.79 Å². The number of fused-ring (bicyclic) bond motifs is 1. The van der Waals surface area contributed by atoms with Gasteiger partial charge in [0.05, 0.1) is 0 Å². The lowest BCUT2D eigenvalue weighted by atomic mass is 10.0. The Balaban J connectivity index is 1.53. The fourth-order valence-electron chi connectivity index (χ4n) is 3.45. The van der Waals surface area contributed by atoms with E-state index in [9.17, 15) is 4.79 Å². The van der Waals surface area contributed by atoms with Crippen LogP contribution in [0.4, 0.5) is 17.2 Å². The van der Waals surface area contributed by atoms with Crippen molar-refractivity contribution in [1.29, 1.82) is 0 Å². The Labute approximate surface area is 159 Å². The van der Waals surface area contributed by atoms with E-state index in [1.807, 2.05) is 36.4 Å². The molecule has 0 radical (unpaired) electrons. The van der Waals surface area contributed by atoms with Gasteiger partial charge in [0, 0.05) is 17.9 Å². The monoisotopic (exact) mass is 358 g/mol. The number of hydrogen-bond donors (Lipinski definition) is 1. The van der Waals surface area contributed by atoms with Gasteiger partial charge in [-0.25, -0.2) is 0 Å². The first-order valence-electron chi connectivity index (χ1n) is 9.23. The number of nitrogens with one attached hydrogen (secondary N) is 1. The maximum Gasteiger partial charge on any atom is 0.278 e. The van der Waals surface area contributed by atoms with E-state index in [1.54, 1.807) is 17.0 Å². The number of anilines is 3. The summed E-state index contributed by atoms with van der Waals surface area (Å²) in [5.74, 6) is 0.917. The Kier molecular flexibility index (Phi) is 4.59. The number of carbonyl (C=O) groups excluding carboxylic acids is 1. The van der Waals surface area contributed by atoms with Crippen molar-refractivity contribution in [2.75, 3.05) is 16.8 Å². The van der Waals surface area contributed by atoms with Crippen molar-refractivity contribution in [3.8, 4) is 0 Å². The fourth-order valence-corrected chi connectivity index (χ4v) is 3.45. The average molecular weight is 358 g/mol. The number of aromatic nitrogens is 2. The summed E-state index contributed by atoms with van der Waals surface area (Å²) in [6.45, 7) is 4.99. The Morgan fingerprint density at radius 2 is 1.78 bits per heavy atom. The summed E-state index contributed by atoms with van der Waals surface area (Å²) in [4.78, 5) is 14.6. The summed E-state index contributed by atoms with van der Waals surface area (Å²) in [6.07, 6.45) is 0.876. The first-order chi connectivity index (χ1) is 13.1. The van der Waals surface area contributed by atoms with Crippen molar-refractivity contribution >= 4 is 23.1 Å². The molecule has 0 spiro atoms. The third-order valence-electron chi connectivity index (χ3n) is 4.86. The molecule has 0 atom stereocenters. The zero-order valence-electron chi connectivity index (χ0n) is 15.5. The number of benzene rings is 2. The molecule has 1 aromatic heterocycles. The van der Waals surface area contributed by atoms with Crippen LogP contribution in [0.25, 0.3) is 0 Å². The zero-order chi connectivity index (χ0) is 18.8. The van der Waals surface area contributed by atoms with Crippen LogP contribution in [0.1, 0.15) is 41.4 Å². The third-order valence-corrected chi connectivity index (χ3v) is 4.86. The lowest BCUT2D eigenvalue weighted by Crippen LogP contribution is -2.29. The van der Waals surface area contributed by atoms with Gasteiger partial charge in [0.2, 0.25) is 0 Å². The van der Waals surface area contributed by atoms with Crippen LogP contribution in [0.2, 0.25) is 0 Å². The quantitative estimate of drug-likeness (QED) is 0.743. The molecule has 0 saturated carbocycles. The second kappa shape index (κ2) is 7.19. The number of para-hydroxylation sites is 2. The van der Waals surface area contributed by atoms with Crippen molar-refractivity contribution in [2.45, 2.75) is 26.2 Å². The van der Waals surface area contributed by atoms with Crippen LogP contribution in [0, 0.1) is 0 Å². The Bertz CT molecular complexity index is 966. The molecule has 0 aliphatic carbocycles. The maximum absolute atomic E-state index is 12.8. The van der Waals surface area contributed by atoms with Gasteiger partial charge < -0.3 is 10.2 Å². The number of carbonyl (C=O) groups is 1. The molecule has 3 aromatic rings. The van der Waals surface area contributed by atoms with E-state index in [1.165, 1.54) is 11.1 Å². The minimum atomic E-state index is -0.110. The molecule has 1 aliphatic rings. The zero-order valence-corrected chi connectivity index (χ0v) is 15.5. The minimum absolute atomic E-state index is 0.110. The Morgan fingerprint density at radius 3 is 2.56 bits per heavy atom. The van der Waals surface area contributed by atoms with E-state index in [0.29, 0.717) is 24.0 Å². The smallest absolute Gasteiger partial charge is 0.278 e. The first-order valence-corrected chi connectivity index (χ1v) is 9.23. The highest BCUT2D eigenvalue weighted by Gasteiger charge is 2.26. The van der Waals surface area contributed by atoms with Crippen LogP contribution < -0.4 is 10.2 Å². The molecule has 0 saturated heterocycles. The minimum Gasteiger partial charge on any atom is -0.338 e. The molecule has 5 nitrogen and oxygen atoms in total. The van der Waals surface area contributed by atoms with E-state index in [0.717, 1.165) is 17.8 Å². The summed E-state index contributed by atoms with van der Waals surface area (Å²) >= 11 is 0. The highest BCUT2D eigenvalue weighted by molar-refractivity contribution is 6.06. The molecule has 136 valence electrons. The van der Waals surface area contributed by atoms with Crippen LogP contribution in [-0.2, 0) is 6.42 Å². The molecule has 4 rings (SSSR count). The molecule has 2 heterocycles. The van der Waals surface area contributed by atoms with Crippen LogP contribution >= 0.6 is 0 Å². The van der Waals surface area contributed by atoms with Gasteiger partial charge in [0.25, 0.3) is 5.91 Å². The first kappa shape index (κ1) is 17.2. The third kappa shape index (κ3) is 3.40. The van der Waals surface area contributed by atoms with E-state index in [4.69, 9.17) is 0 Å². The second-order valence-electron chi connectivity index (χ2n) is 7.01. The highest BCUT2D eigenvalue weighted by atomic mass is 16.2. The van der Waals surface area contributed by atoms with Gasteiger partial charge in [-0.1, -0.05) is 50.2 Å². The van der Waals surface area contributed by atoms with Crippen LogP contribution in [-0.4, -0.2) is 22.6 Å². The van der Waals surface area contributed by atoms with Crippen molar-refractivity contribution in [3.05, 3.63) is 77.5 Å². The molecule has 1 aliphatic heterocycles. The molecule has 0 unspecified atom stereocenters. The van der Waals surface area contributed by atoms with Crippen LogP contribution in [0.15, 0.2) is 60.7 Å². The molecule has 0 fully saturated rings. The van der Waals surface area contributed by atoms with Gasteiger partial charge in [0.15, 0.2) is 11.5 Å². The standard InChI is InChI=1S/C22H22N4O/c1-15(2)17-8-4-5-9-18(17)23-21-12-11-19(24-25-21)22(27)26-14-13-16-7-3-6-10-20(16)26/h3-12,15H,13-14H2,1-2H3,(H,23,25). The SMILES string of the molecule is CC(C)c1ccccc1Nc1ccc(C(=O)N2CCc3ccccc32)nn1. The fraction of sp³-hybridized carbons (Fsp3) is 0.227. The largest absolute Gasteiger partial charge is 0.338 e. The average Bonchev–Trinajstić information content (AvgIpc) is 3.12. The predicted octanol–water partition coefficient (Wildman–Crippen LogP) is 4.55. The molecular formula is C22H22N4O. The van der Waals surface area contributed by atoms with Gasteiger partial charge in [0.1, 0.15) is 0 Å². The van der Waals surface area contributed by atoms with Gasteiger partial charge >= 0.3 is 0 Å². The van der Waals surface area contributed by atoms with E-state index in [-0.39, 0.29) is 5.91 Å². The Morgan fingerprint density at radius 1 is 1.00 bits per heavy atom.